The summed E-state index contributed by atoms with van der Waals surface area (Å²) in [6.07, 6.45) is 1.44. The Morgan fingerprint density at radius 3 is 2.50 bits per heavy atom. The Morgan fingerprint density at radius 1 is 1.25 bits per heavy atom. The number of hydrogen-bond donors (Lipinski definition) is 0. The third kappa shape index (κ3) is 3.96. The van der Waals surface area contributed by atoms with Crippen molar-refractivity contribution in [3.8, 4) is 0 Å². The topological polar surface area (TPSA) is 0 Å². The molecule has 0 bridgehead atoms. The molecular formula is C15H23F. The first-order valence-corrected chi connectivity index (χ1v) is 6.17. The largest absolute Gasteiger partial charge is 0.247 e. The number of benzene rings is 1. The zero-order valence-electron chi connectivity index (χ0n) is 10.9. The minimum absolute atomic E-state index is 0.145. The van der Waals surface area contributed by atoms with Gasteiger partial charge in [-0.3, -0.25) is 0 Å². The molecule has 1 atom stereocenters. The van der Waals surface area contributed by atoms with E-state index in [1.165, 1.54) is 5.56 Å². The van der Waals surface area contributed by atoms with Crippen LogP contribution in [0.1, 0.15) is 51.7 Å². The molecule has 0 spiro atoms. The summed E-state index contributed by atoms with van der Waals surface area (Å²) in [5.41, 5.74) is 2.55. The second kappa shape index (κ2) is 5.47. The van der Waals surface area contributed by atoms with Gasteiger partial charge in [0.25, 0.3) is 0 Å². The van der Waals surface area contributed by atoms with Crippen LogP contribution in [0.25, 0.3) is 0 Å². The van der Waals surface area contributed by atoms with Crippen molar-refractivity contribution in [2.24, 2.45) is 0 Å². The first-order chi connectivity index (χ1) is 7.43. The van der Waals surface area contributed by atoms with E-state index in [-0.39, 0.29) is 5.41 Å². The Kier molecular flexibility index (Phi) is 4.52. The molecule has 0 amide bonds. The van der Waals surface area contributed by atoms with Crippen molar-refractivity contribution in [3.05, 3.63) is 35.4 Å². The molecule has 0 fully saturated rings. The van der Waals surface area contributed by atoms with Gasteiger partial charge in [0.1, 0.15) is 6.17 Å². The molecule has 0 aromatic heterocycles. The summed E-state index contributed by atoms with van der Waals surface area (Å²) in [6.45, 7) is 8.58. The van der Waals surface area contributed by atoms with E-state index in [1.807, 2.05) is 19.1 Å². The van der Waals surface area contributed by atoms with Crippen LogP contribution in [0.4, 0.5) is 4.39 Å². The molecule has 0 saturated carbocycles. The lowest BCUT2D eigenvalue weighted by Crippen LogP contribution is -2.12. The lowest BCUT2D eigenvalue weighted by molar-refractivity contribution is 0.310. The Hall–Kier alpha value is -0.850. The van der Waals surface area contributed by atoms with E-state index in [0.717, 1.165) is 12.0 Å². The van der Waals surface area contributed by atoms with Gasteiger partial charge < -0.3 is 0 Å². The predicted octanol–water partition coefficient (Wildman–Crippen LogP) is 4.66. The normalized spacial score (nSPS) is 13.8. The third-order valence-corrected chi connectivity index (χ3v) is 2.85. The average Bonchev–Trinajstić information content (AvgIpc) is 2.17. The molecule has 0 aliphatic carbocycles. The molecule has 0 aliphatic rings. The lowest BCUT2D eigenvalue weighted by Gasteiger charge is -2.20. The van der Waals surface area contributed by atoms with Crippen LogP contribution in [0.15, 0.2) is 24.3 Å². The van der Waals surface area contributed by atoms with Crippen LogP contribution in [0, 0.1) is 0 Å². The van der Waals surface area contributed by atoms with E-state index in [1.54, 1.807) is 0 Å². The summed E-state index contributed by atoms with van der Waals surface area (Å²) >= 11 is 0. The third-order valence-electron chi connectivity index (χ3n) is 2.85. The Morgan fingerprint density at radius 2 is 1.94 bits per heavy atom. The molecule has 0 nitrogen and oxygen atoms in total. The van der Waals surface area contributed by atoms with Gasteiger partial charge in [0.15, 0.2) is 0 Å². The monoisotopic (exact) mass is 222 g/mol. The molecule has 1 heteroatoms. The maximum atomic E-state index is 13.5. The summed E-state index contributed by atoms with van der Waals surface area (Å²) < 4.78 is 13.5. The van der Waals surface area contributed by atoms with E-state index in [0.29, 0.717) is 12.8 Å². The van der Waals surface area contributed by atoms with Crippen LogP contribution >= 0.6 is 0 Å². The van der Waals surface area contributed by atoms with E-state index in [2.05, 4.69) is 32.9 Å². The molecule has 1 unspecified atom stereocenters. The van der Waals surface area contributed by atoms with Gasteiger partial charge in [0, 0.05) is 6.42 Å². The van der Waals surface area contributed by atoms with Crippen molar-refractivity contribution in [2.75, 3.05) is 0 Å². The predicted molar refractivity (Wildman–Crippen MR) is 68.7 cm³/mol. The fourth-order valence-electron chi connectivity index (χ4n) is 1.84. The Labute approximate surface area is 98.9 Å². The van der Waals surface area contributed by atoms with Gasteiger partial charge in [0.2, 0.25) is 0 Å². The van der Waals surface area contributed by atoms with Crippen LogP contribution in [0.5, 0.6) is 0 Å². The highest BCUT2D eigenvalue weighted by Gasteiger charge is 2.14. The zero-order valence-corrected chi connectivity index (χ0v) is 10.9. The number of rotatable bonds is 4. The molecule has 0 radical (unpaired) electrons. The second-order valence-corrected chi connectivity index (χ2v) is 5.54. The first-order valence-electron chi connectivity index (χ1n) is 6.17. The smallest absolute Gasteiger partial charge is 0.104 e. The van der Waals surface area contributed by atoms with Crippen LogP contribution in [-0.4, -0.2) is 6.17 Å². The highest BCUT2D eigenvalue weighted by molar-refractivity contribution is 5.28. The van der Waals surface area contributed by atoms with Crippen LogP contribution in [-0.2, 0) is 11.8 Å². The molecule has 1 aromatic carbocycles. The van der Waals surface area contributed by atoms with Crippen LogP contribution < -0.4 is 0 Å². The van der Waals surface area contributed by atoms with Gasteiger partial charge in [-0.1, -0.05) is 58.4 Å². The Balaban J connectivity index is 2.75. The fourth-order valence-corrected chi connectivity index (χ4v) is 1.84. The highest BCUT2D eigenvalue weighted by atomic mass is 19.1. The molecular weight excluding hydrogens is 199 g/mol. The molecule has 16 heavy (non-hydrogen) atoms. The summed E-state index contributed by atoms with van der Waals surface area (Å²) in [5.74, 6) is 0. The summed E-state index contributed by atoms with van der Waals surface area (Å²) in [7, 11) is 0. The van der Waals surface area contributed by atoms with Crippen molar-refractivity contribution in [3.63, 3.8) is 0 Å². The summed E-state index contributed by atoms with van der Waals surface area (Å²) in [5, 5.41) is 0. The average molecular weight is 222 g/mol. The summed E-state index contributed by atoms with van der Waals surface area (Å²) in [4.78, 5) is 0. The van der Waals surface area contributed by atoms with E-state index < -0.39 is 6.17 Å². The van der Waals surface area contributed by atoms with E-state index in [9.17, 15) is 4.39 Å². The maximum Gasteiger partial charge on any atom is 0.104 e. The maximum absolute atomic E-state index is 13.5. The van der Waals surface area contributed by atoms with Gasteiger partial charge in [-0.15, -0.1) is 0 Å². The van der Waals surface area contributed by atoms with Crippen molar-refractivity contribution >= 4 is 0 Å². The van der Waals surface area contributed by atoms with Gasteiger partial charge >= 0.3 is 0 Å². The number of halogens is 1. The molecule has 0 N–H and O–H groups in total. The van der Waals surface area contributed by atoms with Crippen molar-refractivity contribution in [2.45, 2.75) is 58.5 Å². The van der Waals surface area contributed by atoms with Gasteiger partial charge in [-0.25, -0.2) is 4.39 Å². The molecule has 1 aromatic rings. The first kappa shape index (κ1) is 13.2. The molecule has 0 saturated heterocycles. The van der Waals surface area contributed by atoms with Crippen LogP contribution in [0.2, 0.25) is 0 Å². The van der Waals surface area contributed by atoms with Gasteiger partial charge in [-0.05, 0) is 23.0 Å². The Bertz CT molecular complexity index is 322. The minimum Gasteiger partial charge on any atom is -0.247 e. The fraction of sp³-hybridized carbons (Fsp3) is 0.600. The van der Waals surface area contributed by atoms with E-state index >= 15 is 0 Å². The second-order valence-electron chi connectivity index (χ2n) is 5.54. The quantitative estimate of drug-likeness (QED) is 0.694. The van der Waals surface area contributed by atoms with Gasteiger partial charge in [0.05, 0.1) is 0 Å². The molecule has 90 valence electrons. The van der Waals surface area contributed by atoms with Gasteiger partial charge in [-0.2, -0.15) is 0 Å². The number of hydrogen-bond acceptors (Lipinski definition) is 0. The minimum atomic E-state index is -0.694. The van der Waals surface area contributed by atoms with Crippen molar-refractivity contribution in [1.29, 1.82) is 0 Å². The number of alkyl halides is 1. The summed E-state index contributed by atoms with van der Waals surface area (Å²) in [6, 6.07) is 8.32. The standard InChI is InChI=1S/C15H23F/c1-5-7-14(16)11-12-8-6-9-13(10-12)15(2,3)4/h6,8-10,14H,5,7,11H2,1-4H3. The van der Waals surface area contributed by atoms with Crippen molar-refractivity contribution < 1.29 is 4.39 Å². The highest BCUT2D eigenvalue weighted by Crippen LogP contribution is 2.23. The van der Waals surface area contributed by atoms with Crippen molar-refractivity contribution in [1.82, 2.24) is 0 Å². The zero-order chi connectivity index (χ0) is 12.2. The lowest BCUT2D eigenvalue weighted by atomic mass is 9.85. The van der Waals surface area contributed by atoms with E-state index in [4.69, 9.17) is 0 Å². The molecule has 0 heterocycles. The SMILES string of the molecule is CCCC(F)Cc1cccc(C(C)(C)C)c1. The van der Waals surface area contributed by atoms with Crippen LogP contribution in [0.3, 0.4) is 0 Å². The molecule has 1 rings (SSSR count). The molecule has 0 aliphatic heterocycles.